The molecule has 1 spiro atoms. The summed E-state index contributed by atoms with van der Waals surface area (Å²) in [4.78, 5) is 5.26. The molecule has 1 aliphatic carbocycles. The molecule has 0 atom stereocenters. The summed E-state index contributed by atoms with van der Waals surface area (Å²) in [6.07, 6.45) is 0. The number of hydrogen-bond acceptors (Lipinski definition) is 2. The van der Waals surface area contributed by atoms with Crippen LogP contribution in [0.2, 0.25) is 0 Å². The predicted molar refractivity (Wildman–Crippen MR) is 220 cm³/mol. The van der Waals surface area contributed by atoms with Crippen molar-refractivity contribution in [2.45, 2.75) is 15.2 Å². The second-order valence-corrected chi connectivity index (χ2v) is 22.9. The van der Waals surface area contributed by atoms with Crippen molar-refractivity contribution in [1.29, 1.82) is 0 Å². The van der Waals surface area contributed by atoms with Gasteiger partial charge in [-0.15, -0.1) is 0 Å². The number of fused-ring (bicyclic) bond motifs is 11. The fraction of sp³-hybridized carbons (Fsp3) is 0.0204. The molecule has 0 saturated carbocycles. The fourth-order valence-electron chi connectivity index (χ4n) is 9.68. The van der Waals surface area contributed by atoms with E-state index >= 15 is 0 Å². The minimum absolute atomic E-state index is 0.413. The van der Waals surface area contributed by atoms with E-state index in [1.54, 1.807) is 0 Å². The zero-order valence-electron chi connectivity index (χ0n) is 28.4. The minimum atomic E-state index is -3.40. The Hall–Kier alpha value is -5.55. The van der Waals surface area contributed by atoms with Crippen LogP contribution >= 0.6 is 11.8 Å². The third-order valence-electron chi connectivity index (χ3n) is 11.6. The Kier molecular flexibility index (Phi) is 6.65. The predicted octanol–water partition coefficient (Wildman–Crippen LogP) is 9.67. The van der Waals surface area contributed by atoms with Crippen molar-refractivity contribution in [1.82, 2.24) is 0 Å². The van der Waals surface area contributed by atoms with Gasteiger partial charge in [0.25, 0.3) is 0 Å². The van der Waals surface area contributed by atoms with Crippen molar-refractivity contribution < 1.29 is 0 Å². The second kappa shape index (κ2) is 11.5. The number of rotatable bonds is 3. The summed E-state index contributed by atoms with van der Waals surface area (Å²) in [5, 5.41) is 0. The van der Waals surface area contributed by atoms with E-state index in [1.165, 1.54) is 77.8 Å². The molecule has 0 aromatic heterocycles. The quantitative estimate of drug-likeness (QED) is 0.166. The monoisotopic (exact) mass is 741 g/mol. The molecule has 0 saturated heterocycles. The van der Waals surface area contributed by atoms with Gasteiger partial charge in [0, 0.05) is 0 Å². The summed E-state index contributed by atoms with van der Waals surface area (Å²) in [7, 11) is 0. The van der Waals surface area contributed by atoms with Gasteiger partial charge in [-0.05, 0) is 0 Å². The zero-order valence-corrected chi connectivity index (χ0v) is 31.3. The van der Waals surface area contributed by atoms with Crippen LogP contribution in [0.25, 0.3) is 11.1 Å². The van der Waals surface area contributed by atoms with Crippen LogP contribution in [0.3, 0.4) is 0 Å². The van der Waals surface area contributed by atoms with Gasteiger partial charge in [-0.25, -0.2) is 0 Å². The SMILES string of the molecule is c1cc[c]([Ge]2([c]3ccccc3)[c]3ccccc3Sc3cc(N4c5ccccc5C5(c6ccccc6-c6ccccc65)c5ccccc54)cc[c]32)cc1. The zero-order chi connectivity index (χ0) is 34.3. The Balaban J connectivity index is 1.18. The van der Waals surface area contributed by atoms with Gasteiger partial charge >= 0.3 is 313 Å². The van der Waals surface area contributed by atoms with Crippen LogP contribution < -0.4 is 22.5 Å². The van der Waals surface area contributed by atoms with Gasteiger partial charge < -0.3 is 0 Å². The first-order valence-electron chi connectivity index (χ1n) is 18.0. The third kappa shape index (κ3) is 3.91. The van der Waals surface area contributed by atoms with Crippen LogP contribution in [0.4, 0.5) is 17.1 Å². The molecule has 3 aliphatic rings. The normalized spacial score (nSPS) is 15.1. The Bertz CT molecular complexity index is 2550. The van der Waals surface area contributed by atoms with Crippen molar-refractivity contribution >= 4 is 59.7 Å². The van der Waals surface area contributed by atoms with Gasteiger partial charge in [0.15, 0.2) is 0 Å². The molecule has 0 N–H and O–H groups in total. The van der Waals surface area contributed by atoms with Crippen molar-refractivity contribution in [3.8, 4) is 11.1 Å². The van der Waals surface area contributed by atoms with Gasteiger partial charge in [-0.1, -0.05) is 0 Å². The van der Waals surface area contributed by atoms with E-state index < -0.39 is 18.7 Å². The van der Waals surface area contributed by atoms with Gasteiger partial charge in [0.1, 0.15) is 0 Å². The van der Waals surface area contributed by atoms with E-state index in [-0.39, 0.29) is 0 Å². The first-order chi connectivity index (χ1) is 25.8. The molecule has 0 bridgehead atoms. The summed E-state index contributed by atoms with van der Waals surface area (Å²) in [6, 6.07) is 75.6. The Morgan fingerprint density at radius 1 is 0.385 bits per heavy atom. The van der Waals surface area contributed by atoms with Crippen molar-refractivity contribution in [3.63, 3.8) is 0 Å². The van der Waals surface area contributed by atoms with E-state index in [0.717, 1.165) is 0 Å². The average Bonchev–Trinajstić information content (AvgIpc) is 3.51. The van der Waals surface area contributed by atoms with Crippen LogP contribution in [0.15, 0.2) is 210 Å². The maximum absolute atomic E-state index is 3.40. The Morgan fingerprint density at radius 2 is 0.846 bits per heavy atom. The molecule has 8 aromatic carbocycles. The number of hydrogen-bond donors (Lipinski definition) is 0. The van der Waals surface area contributed by atoms with Crippen molar-refractivity contribution in [2.24, 2.45) is 0 Å². The Labute approximate surface area is 311 Å². The number of para-hydroxylation sites is 2. The Morgan fingerprint density at radius 3 is 1.44 bits per heavy atom. The molecular formula is C49H33GeNS. The topological polar surface area (TPSA) is 3.24 Å². The molecule has 2 heterocycles. The van der Waals surface area contributed by atoms with E-state index in [4.69, 9.17) is 0 Å². The summed E-state index contributed by atoms with van der Waals surface area (Å²) < 4.78 is 5.94. The van der Waals surface area contributed by atoms with Crippen LogP contribution in [0.5, 0.6) is 0 Å². The number of anilines is 3. The molecule has 2 aliphatic heterocycles. The van der Waals surface area contributed by atoms with E-state index in [2.05, 4.69) is 205 Å². The fourth-order valence-corrected chi connectivity index (χ4v) is 23.0. The molecule has 1 nitrogen and oxygen atoms in total. The van der Waals surface area contributed by atoms with Crippen molar-refractivity contribution in [3.05, 3.63) is 222 Å². The summed E-state index contributed by atoms with van der Waals surface area (Å²) in [5.74, 6) is 0. The average molecular weight is 740 g/mol. The van der Waals surface area contributed by atoms with Crippen LogP contribution in [-0.2, 0) is 5.41 Å². The molecule has 0 amide bonds. The van der Waals surface area contributed by atoms with E-state index in [0.29, 0.717) is 0 Å². The maximum atomic E-state index is 2.53. The summed E-state index contributed by atoms with van der Waals surface area (Å²) in [5.41, 5.74) is 11.2. The molecule has 244 valence electrons. The number of nitrogens with zero attached hydrogens (tertiary/aromatic N) is 1. The van der Waals surface area contributed by atoms with Gasteiger partial charge in [0.2, 0.25) is 0 Å². The first-order valence-corrected chi connectivity index (χ1v) is 23.0. The van der Waals surface area contributed by atoms with Gasteiger partial charge in [0.05, 0.1) is 0 Å². The summed E-state index contributed by atoms with van der Waals surface area (Å²) in [6.45, 7) is 0. The first kappa shape index (κ1) is 30.1. The third-order valence-corrected chi connectivity index (χ3v) is 23.7. The second-order valence-electron chi connectivity index (χ2n) is 14.0. The van der Waals surface area contributed by atoms with Crippen LogP contribution in [-0.4, -0.2) is 13.3 Å². The molecular weight excluding hydrogens is 707 g/mol. The van der Waals surface area contributed by atoms with Gasteiger partial charge in [-0.2, -0.15) is 0 Å². The van der Waals surface area contributed by atoms with Crippen LogP contribution in [0, 0.1) is 0 Å². The molecule has 11 rings (SSSR count). The van der Waals surface area contributed by atoms with E-state index in [1.807, 2.05) is 11.8 Å². The summed E-state index contributed by atoms with van der Waals surface area (Å²) >= 11 is -1.46. The molecule has 0 unspecified atom stereocenters. The van der Waals surface area contributed by atoms with Crippen molar-refractivity contribution in [2.75, 3.05) is 4.90 Å². The molecule has 8 aromatic rings. The van der Waals surface area contributed by atoms with E-state index in [9.17, 15) is 0 Å². The standard InChI is InChI=1S/C49H33GeNS/c1-3-17-34(18-4-1)50(35-19-5-2-6-20-35)43-27-13-16-30-47(43)52-48-33-36(31-32-44(48)50)51-45-28-14-11-25-41(45)49(42-26-12-15-29-46(42)51)39-23-9-7-21-37(39)38-22-8-10-24-40(38)49/h1-33H. The van der Waals surface area contributed by atoms with Gasteiger partial charge in [-0.3, -0.25) is 0 Å². The molecule has 3 heteroatoms. The molecule has 52 heavy (non-hydrogen) atoms. The molecule has 0 fully saturated rings. The molecule has 0 radical (unpaired) electrons. The number of benzene rings is 8. The van der Waals surface area contributed by atoms with Crippen LogP contribution in [0.1, 0.15) is 22.3 Å².